The standard InChI is InChI=1S/C30H50N4/c1-7-13-25-33(26-14-8-2)34(27-19-16-15-17-20-27)29-22-18-21-28(31(11-5)12-6)30(29)32(23-9-3)24-10-4/h15-22H,7-14,23-26H2,1-6H3. The molecule has 0 saturated carbocycles. The molecule has 0 unspecified atom stereocenters. The molecule has 0 aliphatic heterocycles. The van der Waals surface area contributed by atoms with Gasteiger partial charge in [0.2, 0.25) is 0 Å². The van der Waals surface area contributed by atoms with Gasteiger partial charge in [-0.05, 0) is 63.8 Å². The van der Waals surface area contributed by atoms with Gasteiger partial charge in [-0.3, -0.25) is 5.01 Å². The van der Waals surface area contributed by atoms with Gasteiger partial charge in [-0.25, -0.2) is 5.01 Å². The topological polar surface area (TPSA) is 13.0 Å². The second-order valence-electron chi connectivity index (χ2n) is 9.11. The van der Waals surface area contributed by atoms with Crippen LogP contribution in [0.1, 0.15) is 80.1 Å². The van der Waals surface area contributed by atoms with Crippen molar-refractivity contribution in [1.29, 1.82) is 0 Å². The van der Waals surface area contributed by atoms with Crippen molar-refractivity contribution in [2.75, 3.05) is 54.1 Å². The number of unbranched alkanes of at least 4 members (excludes halogenated alkanes) is 2. The van der Waals surface area contributed by atoms with Crippen LogP contribution < -0.4 is 14.8 Å². The van der Waals surface area contributed by atoms with Gasteiger partial charge in [-0.1, -0.05) is 64.8 Å². The van der Waals surface area contributed by atoms with E-state index in [1.54, 1.807) is 0 Å². The second-order valence-corrected chi connectivity index (χ2v) is 9.11. The minimum atomic E-state index is 1.01. The minimum Gasteiger partial charge on any atom is -0.370 e. The maximum atomic E-state index is 2.64. The van der Waals surface area contributed by atoms with Gasteiger partial charge < -0.3 is 9.80 Å². The average molecular weight is 467 g/mol. The fourth-order valence-corrected chi connectivity index (χ4v) is 4.73. The molecule has 0 spiro atoms. The van der Waals surface area contributed by atoms with Crippen molar-refractivity contribution in [3.63, 3.8) is 0 Å². The SMILES string of the molecule is CCCCN(CCCC)N(c1ccccc1)c1cccc(N(CC)CC)c1N(CCC)CCC. The van der Waals surface area contributed by atoms with Gasteiger partial charge in [0.05, 0.1) is 22.7 Å². The number of hydrogen-bond acceptors (Lipinski definition) is 4. The average Bonchev–Trinajstić information content (AvgIpc) is 2.87. The summed E-state index contributed by atoms with van der Waals surface area (Å²) < 4.78 is 0. The van der Waals surface area contributed by atoms with Crippen LogP contribution in [-0.2, 0) is 0 Å². The van der Waals surface area contributed by atoms with Gasteiger partial charge in [0.15, 0.2) is 0 Å². The molecule has 0 aromatic heterocycles. The summed E-state index contributed by atoms with van der Waals surface area (Å²) in [6, 6.07) is 17.9. The van der Waals surface area contributed by atoms with Gasteiger partial charge in [0.25, 0.3) is 0 Å². The van der Waals surface area contributed by atoms with Crippen LogP contribution in [-0.4, -0.2) is 44.3 Å². The lowest BCUT2D eigenvalue weighted by Gasteiger charge is -2.41. The zero-order valence-electron chi connectivity index (χ0n) is 22.9. The summed E-state index contributed by atoms with van der Waals surface area (Å²) >= 11 is 0. The van der Waals surface area contributed by atoms with E-state index in [1.807, 2.05) is 0 Å². The lowest BCUT2D eigenvalue weighted by molar-refractivity contribution is 0.269. The molecule has 190 valence electrons. The van der Waals surface area contributed by atoms with Gasteiger partial charge in [0.1, 0.15) is 0 Å². The Kier molecular flexibility index (Phi) is 12.9. The van der Waals surface area contributed by atoms with Crippen molar-refractivity contribution >= 4 is 22.7 Å². The first-order valence-electron chi connectivity index (χ1n) is 13.9. The Morgan fingerprint density at radius 2 is 1.09 bits per heavy atom. The van der Waals surface area contributed by atoms with Gasteiger partial charge >= 0.3 is 0 Å². The summed E-state index contributed by atoms with van der Waals surface area (Å²) in [7, 11) is 0. The second kappa shape index (κ2) is 15.7. The highest BCUT2D eigenvalue weighted by molar-refractivity contribution is 5.87. The first kappa shape index (κ1) is 28.0. The summed E-state index contributed by atoms with van der Waals surface area (Å²) in [5, 5.41) is 5.13. The molecule has 2 aromatic carbocycles. The van der Waals surface area contributed by atoms with Gasteiger partial charge in [0, 0.05) is 39.3 Å². The predicted molar refractivity (Wildman–Crippen MR) is 153 cm³/mol. The Hall–Kier alpha value is -2.20. The number of hydrogen-bond donors (Lipinski definition) is 0. The van der Waals surface area contributed by atoms with E-state index < -0.39 is 0 Å². The summed E-state index contributed by atoms with van der Waals surface area (Å²) in [4.78, 5) is 5.15. The van der Waals surface area contributed by atoms with E-state index in [9.17, 15) is 0 Å². The van der Waals surface area contributed by atoms with E-state index in [2.05, 4.69) is 110 Å². The highest BCUT2D eigenvalue weighted by Gasteiger charge is 2.26. The number of hydrazine groups is 1. The smallest absolute Gasteiger partial charge is 0.0860 e. The molecule has 4 nitrogen and oxygen atoms in total. The Morgan fingerprint density at radius 3 is 1.59 bits per heavy atom. The van der Waals surface area contributed by atoms with Crippen molar-refractivity contribution < 1.29 is 0 Å². The Morgan fingerprint density at radius 1 is 0.529 bits per heavy atom. The zero-order chi connectivity index (χ0) is 24.8. The van der Waals surface area contributed by atoms with Crippen LogP contribution >= 0.6 is 0 Å². The van der Waals surface area contributed by atoms with Crippen molar-refractivity contribution in [2.24, 2.45) is 0 Å². The molecule has 0 saturated heterocycles. The fourth-order valence-electron chi connectivity index (χ4n) is 4.73. The maximum absolute atomic E-state index is 2.64. The first-order valence-corrected chi connectivity index (χ1v) is 13.9. The molecule has 4 heteroatoms. The van der Waals surface area contributed by atoms with Crippen molar-refractivity contribution in [1.82, 2.24) is 5.01 Å². The van der Waals surface area contributed by atoms with Crippen LogP contribution in [0.3, 0.4) is 0 Å². The van der Waals surface area contributed by atoms with Gasteiger partial charge in [-0.2, -0.15) is 0 Å². The van der Waals surface area contributed by atoms with Crippen LogP contribution in [0.15, 0.2) is 48.5 Å². The summed E-state index contributed by atoms with van der Waals surface area (Å²) in [6.45, 7) is 20.0. The lowest BCUT2D eigenvalue weighted by Crippen LogP contribution is -2.42. The van der Waals surface area contributed by atoms with E-state index >= 15 is 0 Å². The van der Waals surface area contributed by atoms with Crippen molar-refractivity contribution in [2.45, 2.75) is 80.1 Å². The molecule has 0 aliphatic carbocycles. The number of para-hydroxylation sites is 2. The Labute approximate surface area is 210 Å². The van der Waals surface area contributed by atoms with Crippen LogP contribution in [0.2, 0.25) is 0 Å². The highest BCUT2D eigenvalue weighted by Crippen LogP contribution is 2.43. The Bertz CT molecular complexity index is 774. The predicted octanol–water partition coefficient (Wildman–Crippen LogP) is 8.11. The monoisotopic (exact) mass is 466 g/mol. The third kappa shape index (κ3) is 7.40. The molecule has 0 heterocycles. The van der Waals surface area contributed by atoms with Crippen LogP contribution in [0.25, 0.3) is 0 Å². The van der Waals surface area contributed by atoms with Crippen molar-refractivity contribution in [3.8, 4) is 0 Å². The molecule has 0 fully saturated rings. The van der Waals surface area contributed by atoms with E-state index in [0.29, 0.717) is 0 Å². The maximum Gasteiger partial charge on any atom is 0.0860 e. The lowest BCUT2D eigenvalue weighted by atomic mass is 10.1. The summed E-state index contributed by atoms with van der Waals surface area (Å²) in [6.07, 6.45) is 7.10. The molecule has 0 amide bonds. The molecule has 0 aliphatic rings. The molecule has 0 bridgehead atoms. The van der Waals surface area contributed by atoms with Gasteiger partial charge in [-0.15, -0.1) is 0 Å². The molecule has 0 atom stereocenters. The number of benzene rings is 2. The number of anilines is 4. The van der Waals surface area contributed by atoms with Crippen LogP contribution in [0.4, 0.5) is 22.7 Å². The van der Waals surface area contributed by atoms with Crippen molar-refractivity contribution in [3.05, 3.63) is 48.5 Å². The molecule has 34 heavy (non-hydrogen) atoms. The van der Waals surface area contributed by atoms with E-state index in [4.69, 9.17) is 0 Å². The minimum absolute atomic E-state index is 1.01. The molecular formula is C30H50N4. The molecular weight excluding hydrogens is 416 g/mol. The van der Waals surface area contributed by atoms with Crippen LogP contribution in [0, 0.1) is 0 Å². The molecule has 2 aromatic rings. The summed E-state index contributed by atoms with van der Waals surface area (Å²) in [5.41, 5.74) is 5.30. The number of nitrogens with zero attached hydrogens (tertiary/aromatic N) is 4. The third-order valence-electron chi connectivity index (χ3n) is 6.45. The normalized spacial score (nSPS) is 11.1. The quantitative estimate of drug-likeness (QED) is 0.218. The molecule has 2 rings (SSSR count). The summed E-state index contributed by atoms with van der Waals surface area (Å²) in [5.74, 6) is 0. The largest absolute Gasteiger partial charge is 0.370 e. The first-order chi connectivity index (χ1) is 16.7. The zero-order valence-corrected chi connectivity index (χ0v) is 22.9. The van der Waals surface area contributed by atoms with E-state index in [1.165, 1.54) is 48.4 Å². The molecule has 0 radical (unpaired) electrons. The number of rotatable bonds is 17. The fraction of sp³-hybridized carbons (Fsp3) is 0.600. The molecule has 0 N–H and O–H groups in total. The van der Waals surface area contributed by atoms with Crippen LogP contribution in [0.5, 0.6) is 0 Å². The Balaban J connectivity index is 2.78. The van der Waals surface area contributed by atoms with E-state index in [0.717, 1.165) is 52.1 Å². The van der Waals surface area contributed by atoms with E-state index in [-0.39, 0.29) is 0 Å². The third-order valence-corrected chi connectivity index (χ3v) is 6.45. The highest BCUT2D eigenvalue weighted by atomic mass is 15.6.